The van der Waals surface area contributed by atoms with Crippen molar-refractivity contribution < 1.29 is 0 Å². The Labute approximate surface area is 177 Å². The van der Waals surface area contributed by atoms with Gasteiger partial charge in [0.05, 0.1) is 11.7 Å². The molecule has 6 heteroatoms. The van der Waals surface area contributed by atoms with E-state index in [1.165, 1.54) is 44.5 Å². The number of nitrogens with zero attached hydrogens (tertiary/aromatic N) is 4. The van der Waals surface area contributed by atoms with Gasteiger partial charge in [-0.05, 0) is 35.8 Å². The standard InChI is InChI=1S/C22H32BrN5/c1-24-16-19(28-14-12-27(13-15-28)18-10-6-7-11-18)20-21(23)25-22(26(20)2)17-8-4-3-5-9-17/h3-5,8-9,18-19,24H,6-7,10-16H2,1-2H3. The van der Waals surface area contributed by atoms with E-state index in [9.17, 15) is 0 Å². The van der Waals surface area contributed by atoms with Crippen molar-refractivity contribution in [2.75, 3.05) is 39.8 Å². The van der Waals surface area contributed by atoms with Crippen LogP contribution < -0.4 is 5.32 Å². The Kier molecular flexibility index (Phi) is 6.51. The maximum absolute atomic E-state index is 4.87. The molecule has 2 aromatic rings. The van der Waals surface area contributed by atoms with Gasteiger partial charge in [-0.1, -0.05) is 43.2 Å². The minimum Gasteiger partial charge on any atom is -0.329 e. The molecule has 2 heterocycles. The van der Waals surface area contributed by atoms with Crippen LogP contribution in [0.2, 0.25) is 0 Å². The number of imidazole rings is 1. The minimum atomic E-state index is 0.320. The summed E-state index contributed by atoms with van der Waals surface area (Å²) < 4.78 is 3.23. The second kappa shape index (κ2) is 9.08. The molecule has 1 aliphatic carbocycles. The van der Waals surface area contributed by atoms with Crippen LogP contribution in [0.15, 0.2) is 34.9 Å². The summed E-state index contributed by atoms with van der Waals surface area (Å²) in [5, 5.41) is 3.42. The predicted molar refractivity (Wildman–Crippen MR) is 118 cm³/mol. The molecule has 0 amide bonds. The molecule has 5 nitrogen and oxygen atoms in total. The lowest BCUT2D eigenvalue weighted by molar-refractivity contribution is 0.0679. The van der Waals surface area contributed by atoms with E-state index in [2.05, 4.69) is 73.0 Å². The van der Waals surface area contributed by atoms with Gasteiger partial charge < -0.3 is 9.88 Å². The third kappa shape index (κ3) is 4.06. The Morgan fingerprint density at radius 3 is 2.43 bits per heavy atom. The molecule has 152 valence electrons. The zero-order chi connectivity index (χ0) is 19.5. The molecule has 1 saturated heterocycles. The number of benzene rings is 1. The van der Waals surface area contributed by atoms with E-state index in [1.807, 2.05) is 7.05 Å². The van der Waals surface area contributed by atoms with Crippen LogP contribution in [-0.2, 0) is 7.05 Å². The first kappa shape index (κ1) is 20.1. The molecule has 0 spiro atoms. The molecule has 1 N–H and O–H groups in total. The molecule has 2 aliphatic rings. The van der Waals surface area contributed by atoms with E-state index in [-0.39, 0.29) is 0 Å². The number of nitrogens with one attached hydrogen (secondary N) is 1. The van der Waals surface area contributed by atoms with Gasteiger partial charge >= 0.3 is 0 Å². The lowest BCUT2D eigenvalue weighted by Crippen LogP contribution is -2.52. The van der Waals surface area contributed by atoms with E-state index in [0.29, 0.717) is 6.04 Å². The van der Waals surface area contributed by atoms with E-state index in [1.54, 1.807) is 0 Å². The maximum atomic E-state index is 4.87. The summed E-state index contributed by atoms with van der Waals surface area (Å²) in [4.78, 5) is 10.2. The van der Waals surface area contributed by atoms with Crippen molar-refractivity contribution in [2.45, 2.75) is 37.8 Å². The molecule has 1 unspecified atom stereocenters. The van der Waals surface area contributed by atoms with Crippen LogP contribution in [0.5, 0.6) is 0 Å². The Morgan fingerprint density at radius 1 is 1.11 bits per heavy atom. The summed E-state index contributed by atoms with van der Waals surface area (Å²) in [6, 6.07) is 11.6. The minimum absolute atomic E-state index is 0.320. The van der Waals surface area contributed by atoms with E-state index in [4.69, 9.17) is 4.98 Å². The second-order valence-electron chi connectivity index (χ2n) is 8.12. The van der Waals surface area contributed by atoms with Crippen molar-refractivity contribution >= 4 is 15.9 Å². The predicted octanol–water partition coefficient (Wildman–Crippen LogP) is 3.67. The number of hydrogen-bond donors (Lipinski definition) is 1. The highest BCUT2D eigenvalue weighted by atomic mass is 79.9. The summed E-state index contributed by atoms with van der Waals surface area (Å²) in [6.45, 7) is 5.55. The zero-order valence-electron chi connectivity index (χ0n) is 17.1. The highest BCUT2D eigenvalue weighted by molar-refractivity contribution is 9.10. The first-order valence-electron chi connectivity index (χ1n) is 10.6. The van der Waals surface area contributed by atoms with Gasteiger partial charge in [0.25, 0.3) is 0 Å². The van der Waals surface area contributed by atoms with Gasteiger partial charge in [0.2, 0.25) is 0 Å². The van der Waals surface area contributed by atoms with Crippen LogP contribution in [-0.4, -0.2) is 65.2 Å². The zero-order valence-corrected chi connectivity index (χ0v) is 18.7. The van der Waals surface area contributed by atoms with Crippen LogP contribution in [0.3, 0.4) is 0 Å². The van der Waals surface area contributed by atoms with Crippen LogP contribution in [0.4, 0.5) is 0 Å². The number of rotatable bonds is 6. The molecule has 1 aliphatic heterocycles. The SMILES string of the molecule is CNCC(c1c(Br)nc(-c2ccccc2)n1C)N1CCN(C2CCCC2)CC1. The van der Waals surface area contributed by atoms with Gasteiger partial charge in [-0.15, -0.1) is 0 Å². The average molecular weight is 446 g/mol. The van der Waals surface area contributed by atoms with Gasteiger partial charge in [-0.25, -0.2) is 4.98 Å². The number of hydrogen-bond acceptors (Lipinski definition) is 4. The van der Waals surface area contributed by atoms with Gasteiger partial charge in [0, 0.05) is 51.4 Å². The molecule has 0 bridgehead atoms. The van der Waals surface area contributed by atoms with Crippen molar-refractivity contribution in [1.29, 1.82) is 0 Å². The van der Waals surface area contributed by atoms with Crippen LogP contribution in [0.25, 0.3) is 11.4 Å². The van der Waals surface area contributed by atoms with Gasteiger partial charge in [-0.2, -0.15) is 0 Å². The summed E-state index contributed by atoms with van der Waals surface area (Å²) in [7, 11) is 4.19. The number of likely N-dealkylation sites (N-methyl/N-ethyl adjacent to an activating group) is 1. The maximum Gasteiger partial charge on any atom is 0.141 e. The molecular formula is C22H32BrN5. The molecular weight excluding hydrogens is 414 g/mol. The molecule has 1 atom stereocenters. The van der Waals surface area contributed by atoms with Crippen molar-refractivity contribution in [2.24, 2.45) is 7.05 Å². The third-order valence-electron chi connectivity index (χ3n) is 6.47. The first-order chi connectivity index (χ1) is 13.7. The largest absolute Gasteiger partial charge is 0.329 e. The lowest BCUT2D eigenvalue weighted by atomic mass is 10.1. The van der Waals surface area contributed by atoms with Crippen LogP contribution >= 0.6 is 15.9 Å². The Morgan fingerprint density at radius 2 is 1.79 bits per heavy atom. The summed E-state index contributed by atoms with van der Waals surface area (Å²) >= 11 is 3.77. The molecule has 1 aromatic carbocycles. The summed E-state index contributed by atoms with van der Waals surface area (Å²) in [6.07, 6.45) is 5.62. The average Bonchev–Trinajstić information content (AvgIpc) is 3.36. The molecule has 1 saturated carbocycles. The number of aromatic nitrogens is 2. The normalized spacial score (nSPS) is 20.7. The smallest absolute Gasteiger partial charge is 0.141 e. The highest BCUT2D eigenvalue weighted by Crippen LogP contribution is 2.33. The van der Waals surface area contributed by atoms with E-state index in [0.717, 1.165) is 41.7 Å². The molecule has 2 fully saturated rings. The highest BCUT2D eigenvalue weighted by Gasteiger charge is 2.32. The van der Waals surface area contributed by atoms with E-state index < -0.39 is 0 Å². The van der Waals surface area contributed by atoms with E-state index >= 15 is 0 Å². The monoisotopic (exact) mass is 445 g/mol. The quantitative estimate of drug-likeness (QED) is 0.735. The number of halogens is 1. The van der Waals surface area contributed by atoms with Gasteiger partial charge in [0.1, 0.15) is 10.4 Å². The Balaban J connectivity index is 1.54. The fourth-order valence-corrected chi connectivity index (χ4v) is 5.66. The number of piperazine rings is 1. The third-order valence-corrected chi connectivity index (χ3v) is 7.05. The summed E-state index contributed by atoms with van der Waals surface area (Å²) in [5.74, 6) is 1.02. The molecule has 4 rings (SSSR count). The summed E-state index contributed by atoms with van der Waals surface area (Å²) in [5.41, 5.74) is 2.42. The molecule has 0 radical (unpaired) electrons. The van der Waals surface area contributed by atoms with Crippen molar-refractivity contribution in [3.8, 4) is 11.4 Å². The first-order valence-corrected chi connectivity index (χ1v) is 11.4. The van der Waals surface area contributed by atoms with Crippen LogP contribution in [0.1, 0.15) is 37.4 Å². The Hall–Kier alpha value is -1.21. The fraction of sp³-hybridized carbons (Fsp3) is 0.591. The van der Waals surface area contributed by atoms with Crippen molar-refractivity contribution in [3.05, 3.63) is 40.6 Å². The van der Waals surface area contributed by atoms with Crippen LogP contribution in [0, 0.1) is 0 Å². The van der Waals surface area contributed by atoms with Crippen molar-refractivity contribution in [3.63, 3.8) is 0 Å². The van der Waals surface area contributed by atoms with Gasteiger partial charge in [0.15, 0.2) is 0 Å². The fourth-order valence-electron chi connectivity index (χ4n) is 4.96. The lowest BCUT2D eigenvalue weighted by Gasteiger charge is -2.41. The Bertz CT molecular complexity index is 761. The van der Waals surface area contributed by atoms with Gasteiger partial charge in [-0.3, -0.25) is 9.80 Å². The van der Waals surface area contributed by atoms with Crippen molar-refractivity contribution in [1.82, 2.24) is 24.7 Å². The molecule has 28 heavy (non-hydrogen) atoms. The molecule has 1 aromatic heterocycles. The topological polar surface area (TPSA) is 36.3 Å². The second-order valence-corrected chi connectivity index (χ2v) is 8.87.